The number of nitrogens with two attached hydrogens (primary N) is 1. The summed E-state index contributed by atoms with van der Waals surface area (Å²) in [5.41, 5.74) is 5.28. The van der Waals surface area contributed by atoms with Gasteiger partial charge in [0.1, 0.15) is 0 Å². The molecule has 0 unspecified atom stereocenters. The van der Waals surface area contributed by atoms with E-state index in [9.17, 15) is 4.79 Å². The number of unbranched alkanes of at least 4 members (excludes halogenated alkanes) is 7. The van der Waals surface area contributed by atoms with Gasteiger partial charge in [-0.2, -0.15) is 0 Å². The normalized spacial score (nSPS) is 16.6. The Morgan fingerprint density at radius 1 is 1.05 bits per heavy atom. The summed E-state index contributed by atoms with van der Waals surface area (Å²) in [5, 5.41) is 3.61. The van der Waals surface area contributed by atoms with Crippen molar-refractivity contribution < 1.29 is 4.79 Å². The van der Waals surface area contributed by atoms with E-state index in [2.05, 4.69) is 12.2 Å². The van der Waals surface area contributed by atoms with E-state index in [0.29, 0.717) is 6.04 Å². The zero-order valence-electron chi connectivity index (χ0n) is 13.2. The summed E-state index contributed by atoms with van der Waals surface area (Å²) < 4.78 is 0. The number of rotatable bonds is 10. The highest BCUT2D eigenvalue weighted by Gasteiger charge is 2.20. The Bertz CT molecular complexity index is 250. The quantitative estimate of drug-likeness (QED) is 0.605. The number of nitrogens with one attached hydrogen (secondary N) is 1. The molecule has 0 atom stereocenters. The molecule has 0 radical (unpaired) electrons. The fourth-order valence-corrected chi connectivity index (χ4v) is 2.87. The van der Waals surface area contributed by atoms with Crippen molar-refractivity contribution in [1.82, 2.24) is 10.2 Å². The molecule has 0 aromatic heterocycles. The Hall–Kier alpha value is -0.770. The first-order valence-corrected chi connectivity index (χ1v) is 8.51. The van der Waals surface area contributed by atoms with Gasteiger partial charge in [0.15, 0.2) is 0 Å². The molecule has 118 valence electrons. The van der Waals surface area contributed by atoms with E-state index in [1.807, 2.05) is 0 Å². The van der Waals surface area contributed by atoms with Crippen molar-refractivity contribution in [2.45, 2.75) is 77.2 Å². The number of carbonyl (C=O) groups excluding carboxylic acids is 1. The minimum Gasteiger partial charge on any atom is -0.351 e. The smallest absolute Gasteiger partial charge is 0.314 e. The van der Waals surface area contributed by atoms with Gasteiger partial charge in [-0.3, -0.25) is 0 Å². The molecule has 1 fully saturated rings. The monoisotopic (exact) mass is 283 g/mol. The van der Waals surface area contributed by atoms with Gasteiger partial charge in [0.2, 0.25) is 0 Å². The Morgan fingerprint density at radius 3 is 2.15 bits per heavy atom. The summed E-state index contributed by atoms with van der Waals surface area (Å²) >= 11 is 0. The fourth-order valence-electron chi connectivity index (χ4n) is 2.87. The van der Waals surface area contributed by atoms with E-state index >= 15 is 0 Å². The van der Waals surface area contributed by atoms with Gasteiger partial charge in [-0.05, 0) is 25.8 Å². The number of nitrogens with zero attached hydrogens (tertiary/aromatic N) is 1. The molecular formula is C16H33N3O. The SMILES string of the molecule is CCCCCCCCCCNC1CCN(C(N)=O)CC1. The molecule has 4 heteroatoms. The molecular weight excluding hydrogens is 250 g/mol. The van der Waals surface area contributed by atoms with Gasteiger partial charge < -0.3 is 16.0 Å². The number of primary amides is 1. The molecule has 0 aromatic rings. The van der Waals surface area contributed by atoms with Crippen LogP contribution in [-0.4, -0.2) is 36.6 Å². The lowest BCUT2D eigenvalue weighted by atomic mass is 10.0. The van der Waals surface area contributed by atoms with Crippen molar-refractivity contribution in [3.8, 4) is 0 Å². The zero-order valence-corrected chi connectivity index (χ0v) is 13.2. The van der Waals surface area contributed by atoms with Gasteiger partial charge in [0.25, 0.3) is 0 Å². The van der Waals surface area contributed by atoms with Crippen molar-refractivity contribution in [2.24, 2.45) is 5.73 Å². The molecule has 0 bridgehead atoms. The van der Waals surface area contributed by atoms with E-state index in [0.717, 1.165) is 32.5 Å². The van der Waals surface area contributed by atoms with Gasteiger partial charge in [0.05, 0.1) is 0 Å². The standard InChI is InChI=1S/C16H33N3O/c1-2-3-4-5-6-7-8-9-12-18-15-10-13-19(14-11-15)16(17)20/h15,18H,2-14H2,1H3,(H2,17,20). The number of hydrogen-bond acceptors (Lipinski definition) is 2. The van der Waals surface area contributed by atoms with Crippen LogP contribution in [0.5, 0.6) is 0 Å². The lowest BCUT2D eigenvalue weighted by Crippen LogP contribution is -2.46. The van der Waals surface area contributed by atoms with Crippen LogP contribution in [0.25, 0.3) is 0 Å². The van der Waals surface area contributed by atoms with Gasteiger partial charge in [-0.15, -0.1) is 0 Å². The summed E-state index contributed by atoms with van der Waals surface area (Å²) in [6, 6.07) is 0.307. The molecule has 1 aliphatic heterocycles. The van der Waals surface area contributed by atoms with E-state index in [4.69, 9.17) is 5.73 Å². The minimum absolute atomic E-state index is 0.272. The molecule has 2 amide bonds. The minimum atomic E-state index is -0.272. The van der Waals surface area contributed by atoms with Crippen molar-refractivity contribution in [2.75, 3.05) is 19.6 Å². The molecule has 20 heavy (non-hydrogen) atoms. The highest BCUT2D eigenvalue weighted by Crippen LogP contribution is 2.11. The summed E-state index contributed by atoms with van der Waals surface area (Å²) in [6.07, 6.45) is 13.0. The molecule has 1 aliphatic rings. The zero-order chi connectivity index (χ0) is 14.6. The van der Waals surface area contributed by atoms with E-state index in [-0.39, 0.29) is 6.03 Å². The maximum atomic E-state index is 11.0. The van der Waals surface area contributed by atoms with Crippen molar-refractivity contribution in [3.05, 3.63) is 0 Å². The Balaban J connectivity index is 1.86. The van der Waals surface area contributed by atoms with Crippen molar-refractivity contribution in [1.29, 1.82) is 0 Å². The van der Waals surface area contributed by atoms with Crippen LogP contribution in [0.1, 0.15) is 71.1 Å². The van der Waals surface area contributed by atoms with Gasteiger partial charge in [-0.25, -0.2) is 4.79 Å². The average Bonchev–Trinajstić information content (AvgIpc) is 2.46. The second-order valence-electron chi connectivity index (χ2n) is 6.03. The number of carbonyl (C=O) groups is 1. The van der Waals surface area contributed by atoms with Crippen molar-refractivity contribution in [3.63, 3.8) is 0 Å². The first kappa shape index (κ1) is 17.3. The molecule has 0 aromatic carbocycles. The van der Waals surface area contributed by atoms with Gasteiger partial charge in [-0.1, -0.05) is 51.9 Å². The fraction of sp³-hybridized carbons (Fsp3) is 0.938. The molecule has 1 heterocycles. The van der Waals surface area contributed by atoms with Crippen LogP contribution < -0.4 is 11.1 Å². The maximum Gasteiger partial charge on any atom is 0.314 e. The number of likely N-dealkylation sites (tertiary alicyclic amines) is 1. The summed E-state index contributed by atoms with van der Waals surface area (Å²) in [5.74, 6) is 0. The predicted molar refractivity (Wildman–Crippen MR) is 84.8 cm³/mol. The lowest BCUT2D eigenvalue weighted by molar-refractivity contribution is 0.185. The van der Waals surface area contributed by atoms with E-state index in [1.165, 1.54) is 51.4 Å². The van der Waals surface area contributed by atoms with Crippen molar-refractivity contribution >= 4 is 6.03 Å². The molecule has 1 saturated heterocycles. The Kier molecular flexibility index (Phi) is 9.46. The molecule has 4 nitrogen and oxygen atoms in total. The van der Waals surface area contributed by atoms with Gasteiger partial charge >= 0.3 is 6.03 Å². The molecule has 0 spiro atoms. The summed E-state index contributed by atoms with van der Waals surface area (Å²) in [6.45, 7) is 5.00. The van der Waals surface area contributed by atoms with Crippen LogP contribution in [0.2, 0.25) is 0 Å². The molecule has 0 saturated carbocycles. The van der Waals surface area contributed by atoms with Crippen LogP contribution in [0.3, 0.4) is 0 Å². The predicted octanol–water partition coefficient (Wildman–Crippen LogP) is 3.26. The highest BCUT2D eigenvalue weighted by molar-refractivity contribution is 5.72. The number of amides is 2. The van der Waals surface area contributed by atoms with Crippen LogP contribution in [0.4, 0.5) is 4.79 Å². The summed E-state index contributed by atoms with van der Waals surface area (Å²) in [7, 11) is 0. The molecule has 1 rings (SSSR count). The molecule has 3 N–H and O–H groups in total. The number of urea groups is 1. The third kappa shape index (κ3) is 7.73. The third-order valence-corrected chi connectivity index (χ3v) is 4.27. The van der Waals surface area contributed by atoms with Crippen LogP contribution in [0.15, 0.2) is 0 Å². The second kappa shape index (κ2) is 11.0. The second-order valence-corrected chi connectivity index (χ2v) is 6.03. The van der Waals surface area contributed by atoms with E-state index < -0.39 is 0 Å². The van der Waals surface area contributed by atoms with Gasteiger partial charge in [0, 0.05) is 19.1 Å². The largest absolute Gasteiger partial charge is 0.351 e. The maximum absolute atomic E-state index is 11.0. The Labute approximate surface area is 124 Å². The Morgan fingerprint density at radius 2 is 1.60 bits per heavy atom. The first-order chi connectivity index (χ1) is 9.74. The first-order valence-electron chi connectivity index (χ1n) is 8.51. The van der Waals surface area contributed by atoms with Crippen LogP contribution >= 0.6 is 0 Å². The lowest BCUT2D eigenvalue weighted by Gasteiger charge is -2.31. The number of piperidine rings is 1. The van der Waals surface area contributed by atoms with Crippen LogP contribution in [-0.2, 0) is 0 Å². The number of hydrogen-bond donors (Lipinski definition) is 2. The highest BCUT2D eigenvalue weighted by atomic mass is 16.2. The summed E-state index contributed by atoms with van der Waals surface area (Å²) in [4.78, 5) is 12.8. The van der Waals surface area contributed by atoms with E-state index in [1.54, 1.807) is 4.90 Å². The van der Waals surface area contributed by atoms with Crippen LogP contribution in [0, 0.1) is 0 Å². The average molecular weight is 283 g/mol. The topological polar surface area (TPSA) is 58.4 Å². The third-order valence-electron chi connectivity index (χ3n) is 4.27. The molecule has 0 aliphatic carbocycles.